The zero-order chi connectivity index (χ0) is 23.0. The molecule has 2 atom stereocenters. The zero-order valence-corrected chi connectivity index (χ0v) is 18.9. The normalized spacial score (nSPS) is 18.1. The van der Waals surface area contributed by atoms with Crippen LogP contribution in [0.1, 0.15) is 40.8 Å². The Bertz CT molecular complexity index is 1200. The van der Waals surface area contributed by atoms with Crippen molar-refractivity contribution in [1.82, 2.24) is 14.5 Å². The van der Waals surface area contributed by atoms with E-state index in [0.717, 1.165) is 10.4 Å². The van der Waals surface area contributed by atoms with Crippen molar-refractivity contribution in [2.45, 2.75) is 32.4 Å². The van der Waals surface area contributed by atoms with Crippen molar-refractivity contribution in [3.05, 3.63) is 68.8 Å². The molecule has 32 heavy (non-hydrogen) atoms. The summed E-state index contributed by atoms with van der Waals surface area (Å²) in [4.78, 5) is 32.9. The molecule has 0 saturated heterocycles. The lowest BCUT2D eigenvalue weighted by molar-refractivity contribution is 0.0328. The minimum atomic E-state index is -0.624. The van der Waals surface area contributed by atoms with Gasteiger partial charge in [-0.15, -0.1) is 11.3 Å². The van der Waals surface area contributed by atoms with E-state index >= 15 is 0 Å². The highest BCUT2D eigenvalue weighted by Crippen LogP contribution is 2.34. The second kappa shape index (κ2) is 8.84. The minimum absolute atomic E-state index is 0.0106. The van der Waals surface area contributed by atoms with Crippen molar-refractivity contribution in [3.8, 4) is 16.3 Å². The third-order valence-corrected chi connectivity index (χ3v) is 6.85. The average molecular weight is 458 g/mol. The number of aromatic nitrogens is 2. The second-order valence-corrected chi connectivity index (χ2v) is 8.88. The van der Waals surface area contributed by atoms with E-state index < -0.39 is 17.1 Å². The molecular formula is C23H24FN3O4S. The molecule has 0 radical (unpaired) electrons. The van der Waals surface area contributed by atoms with Crippen molar-refractivity contribution in [1.29, 1.82) is 0 Å². The summed E-state index contributed by atoms with van der Waals surface area (Å²) >= 11 is 1.33. The maximum Gasteiger partial charge on any atom is 0.274 e. The van der Waals surface area contributed by atoms with Gasteiger partial charge in [0.1, 0.15) is 10.8 Å². The molecule has 3 aromatic rings. The number of aromatic hydroxyl groups is 1. The number of fused-ring (bicyclic) bond motifs is 1. The highest BCUT2D eigenvalue weighted by atomic mass is 32.1. The van der Waals surface area contributed by atoms with Gasteiger partial charge in [-0.3, -0.25) is 9.59 Å². The third kappa shape index (κ3) is 3.82. The first-order valence-electron chi connectivity index (χ1n) is 10.3. The molecular weight excluding hydrogens is 433 g/mol. The molecule has 0 unspecified atom stereocenters. The van der Waals surface area contributed by atoms with E-state index in [0.29, 0.717) is 24.6 Å². The number of thiazole rings is 1. The van der Waals surface area contributed by atoms with Crippen LogP contribution in [0.5, 0.6) is 5.75 Å². The molecule has 0 aliphatic carbocycles. The highest BCUT2D eigenvalue weighted by Gasteiger charge is 2.39. The topological polar surface area (TPSA) is 84.7 Å². The molecule has 0 saturated carbocycles. The second-order valence-electron chi connectivity index (χ2n) is 7.77. The third-order valence-electron chi connectivity index (χ3n) is 5.82. The van der Waals surface area contributed by atoms with Gasteiger partial charge in [-0.05, 0) is 31.5 Å². The van der Waals surface area contributed by atoms with Gasteiger partial charge in [-0.25, -0.2) is 9.37 Å². The van der Waals surface area contributed by atoms with Crippen molar-refractivity contribution in [2.24, 2.45) is 0 Å². The van der Waals surface area contributed by atoms with E-state index in [4.69, 9.17) is 4.74 Å². The Labute approximate surface area is 188 Å². The van der Waals surface area contributed by atoms with Crippen LogP contribution >= 0.6 is 11.3 Å². The van der Waals surface area contributed by atoms with Gasteiger partial charge in [-0.1, -0.05) is 12.1 Å². The first-order chi connectivity index (χ1) is 15.3. The molecule has 168 valence electrons. The predicted octanol–water partition coefficient (Wildman–Crippen LogP) is 3.46. The quantitative estimate of drug-likeness (QED) is 0.613. The Kier molecular flexibility index (Phi) is 6.12. The van der Waals surface area contributed by atoms with Gasteiger partial charge in [0.2, 0.25) is 5.43 Å². The summed E-state index contributed by atoms with van der Waals surface area (Å²) in [6, 6.07) is 5.77. The molecule has 7 nitrogen and oxygen atoms in total. The molecule has 0 fully saturated rings. The Morgan fingerprint density at radius 1 is 1.25 bits per heavy atom. The number of hydrogen-bond donors (Lipinski definition) is 1. The number of carbonyl (C=O) groups excluding carboxylic acids is 1. The number of halogens is 1. The van der Waals surface area contributed by atoms with E-state index in [1.165, 1.54) is 23.5 Å². The van der Waals surface area contributed by atoms with Gasteiger partial charge in [-0.2, -0.15) is 0 Å². The van der Waals surface area contributed by atoms with Crippen LogP contribution in [0.15, 0.2) is 41.5 Å². The smallest absolute Gasteiger partial charge is 0.274 e. The Morgan fingerprint density at radius 3 is 2.62 bits per heavy atom. The fourth-order valence-corrected chi connectivity index (χ4v) is 5.09. The van der Waals surface area contributed by atoms with E-state index in [2.05, 4.69) is 4.98 Å². The van der Waals surface area contributed by atoms with Gasteiger partial charge in [0.15, 0.2) is 11.4 Å². The summed E-state index contributed by atoms with van der Waals surface area (Å²) < 4.78 is 20.1. The Balaban J connectivity index is 1.74. The van der Waals surface area contributed by atoms with Crippen LogP contribution in [-0.2, 0) is 11.2 Å². The molecule has 0 bridgehead atoms. The molecule has 9 heteroatoms. The van der Waals surface area contributed by atoms with Crippen molar-refractivity contribution in [3.63, 3.8) is 0 Å². The number of likely N-dealkylation sites (N-methyl/N-ethyl adjacent to an activating group) is 1. The van der Waals surface area contributed by atoms with E-state index in [9.17, 15) is 19.1 Å². The van der Waals surface area contributed by atoms with Gasteiger partial charge in [0.05, 0.1) is 24.3 Å². The lowest BCUT2D eigenvalue weighted by atomic mass is 10.0. The molecule has 1 N–H and O–H groups in total. The van der Waals surface area contributed by atoms with Gasteiger partial charge in [0.25, 0.3) is 5.91 Å². The lowest BCUT2D eigenvalue weighted by Crippen LogP contribution is -2.52. The summed E-state index contributed by atoms with van der Waals surface area (Å²) in [5.74, 6) is -1.26. The number of ether oxygens (including phenoxy) is 1. The van der Waals surface area contributed by atoms with Gasteiger partial charge >= 0.3 is 0 Å². The van der Waals surface area contributed by atoms with Crippen LogP contribution in [0, 0.1) is 5.82 Å². The Hall–Kier alpha value is -3.04. The molecule has 0 spiro atoms. The van der Waals surface area contributed by atoms with E-state index in [-0.39, 0.29) is 29.2 Å². The molecule has 1 aliphatic rings. The van der Waals surface area contributed by atoms with Gasteiger partial charge in [0, 0.05) is 37.3 Å². The number of rotatable bonds is 6. The summed E-state index contributed by atoms with van der Waals surface area (Å²) in [5, 5.41) is 11.2. The fraction of sp³-hybridized carbons (Fsp3) is 0.348. The number of pyridine rings is 1. The summed E-state index contributed by atoms with van der Waals surface area (Å²) in [7, 11) is 1.58. The SMILES string of the molecule is CCN1C(=O)c2c(O)c(=O)c(-c3ncc(Cc4ccc(F)cc4)s3)cn2[C@@H](C)[C@H]1COC. The molecule has 4 rings (SSSR count). The van der Waals surface area contributed by atoms with Crippen molar-refractivity contribution in [2.75, 3.05) is 20.3 Å². The van der Waals surface area contributed by atoms with Crippen LogP contribution < -0.4 is 5.43 Å². The summed E-state index contributed by atoms with van der Waals surface area (Å²) in [6.07, 6.45) is 3.83. The lowest BCUT2D eigenvalue weighted by Gasteiger charge is -2.41. The summed E-state index contributed by atoms with van der Waals surface area (Å²) in [6.45, 7) is 4.55. The molecule has 2 aromatic heterocycles. The fourth-order valence-electron chi connectivity index (χ4n) is 4.13. The standard InChI is InChI=1S/C23H24FN3O4S/c1-4-26-18(12-31-3)13(2)27-11-17(20(28)21(29)19(27)23(26)30)22-25-10-16(32-22)9-14-5-7-15(24)8-6-14/h5-8,10-11,13,18,29H,4,9,12H2,1-3H3/t13-,18+/m0/s1. The maximum absolute atomic E-state index is 13.1. The number of hydrogen-bond acceptors (Lipinski definition) is 6. The summed E-state index contributed by atoms with van der Waals surface area (Å²) in [5.41, 5.74) is 0.527. The number of benzene rings is 1. The van der Waals surface area contributed by atoms with Crippen LogP contribution in [0.2, 0.25) is 0 Å². The van der Waals surface area contributed by atoms with Crippen LogP contribution in [0.25, 0.3) is 10.6 Å². The molecule has 3 heterocycles. The Morgan fingerprint density at radius 2 is 1.97 bits per heavy atom. The predicted molar refractivity (Wildman–Crippen MR) is 120 cm³/mol. The minimum Gasteiger partial charge on any atom is -0.503 e. The van der Waals surface area contributed by atoms with Crippen LogP contribution in [0.3, 0.4) is 0 Å². The molecule has 1 aromatic carbocycles. The van der Waals surface area contributed by atoms with Gasteiger partial charge < -0.3 is 19.3 Å². The first kappa shape index (κ1) is 22.2. The highest BCUT2D eigenvalue weighted by molar-refractivity contribution is 7.15. The van der Waals surface area contributed by atoms with Crippen molar-refractivity contribution >= 4 is 17.2 Å². The van der Waals surface area contributed by atoms with Crippen LogP contribution in [-0.4, -0.2) is 51.8 Å². The van der Waals surface area contributed by atoms with Crippen LogP contribution in [0.4, 0.5) is 4.39 Å². The van der Waals surface area contributed by atoms with E-state index in [1.807, 2.05) is 13.8 Å². The molecule has 1 amide bonds. The maximum atomic E-state index is 13.1. The number of carbonyl (C=O) groups is 1. The largest absolute Gasteiger partial charge is 0.503 e. The zero-order valence-electron chi connectivity index (χ0n) is 18.0. The van der Waals surface area contributed by atoms with Crippen molar-refractivity contribution < 1.29 is 19.0 Å². The number of nitrogens with zero attached hydrogens (tertiary/aromatic N) is 3. The average Bonchev–Trinajstić information content (AvgIpc) is 3.23. The monoisotopic (exact) mass is 457 g/mol. The molecule has 1 aliphatic heterocycles. The number of methoxy groups -OCH3 is 1. The first-order valence-corrected chi connectivity index (χ1v) is 11.1. The number of amides is 1. The van der Waals surface area contributed by atoms with E-state index in [1.54, 1.807) is 41.1 Å².